The van der Waals surface area contributed by atoms with E-state index in [9.17, 15) is 18.0 Å². The van der Waals surface area contributed by atoms with Gasteiger partial charge in [-0.25, -0.2) is 9.78 Å². The Labute approximate surface area is 247 Å². The molecule has 4 aromatic rings. The second-order valence-corrected chi connectivity index (χ2v) is 10.9. The summed E-state index contributed by atoms with van der Waals surface area (Å²) in [6.45, 7) is 2.68. The van der Waals surface area contributed by atoms with E-state index in [4.69, 9.17) is 21.3 Å². The summed E-state index contributed by atoms with van der Waals surface area (Å²) in [7, 11) is 0. The number of amides is 2. The maximum Gasteiger partial charge on any atom is 0.416 e. The van der Waals surface area contributed by atoms with Crippen LogP contribution in [0.15, 0.2) is 60.8 Å². The Morgan fingerprint density at radius 1 is 1.07 bits per heavy atom. The van der Waals surface area contributed by atoms with Crippen LogP contribution in [0.3, 0.4) is 0 Å². The van der Waals surface area contributed by atoms with Gasteiger partial charge < -0.3 is 20.7 Å². The summed E-state index contributed by atoms with van der Waals surface area (Å²) in [6, 6.07) is 13.8. The first-order valence-electron chi connectivity index (χ1n) is 14.1. The highest BCUT2D eigenvalue weighted by Gasteiger charge is 2.30. The molecule has 3 N–H and O–H groups in total. The maximum absolute atomic E-state index is 12.7. The average Bonchev–Trinajstić information content (AvgIpc) is 3.31. The molecule has 5 rings (SSSR count). The van der Waals surface area contributed by atoms with E-state index in [0.717, 1.165) is 53.3 Å². The SMILES string of the molecule is Cc1ccc2nc(-c3ccc(OCCCNC(=O)Nc4ccc(C(F)(F)F)cc4)c(Cl)c3)c(NC3CCCCC3)n2c1. The third kappa shape index (κ3) is 7.28. The molecule has 0 radical (unpaired) electrons. The average molecular weight is 600 g/mol. The highest BCUT2D eigenvalue weighted by Crippen LogP contribution is 2.36. The van der Waals surface area contributed by atoms with E-state index in [0.29, 0.717) is 36.4 Å². The van der Waals surface area contributed by atoms with Crippen LogP contribution in [-0.4, -0.2) is 34.6 Å². The highest BCUT2D eigenvalue weighted by atomic mass is 35.5. The van der Waals surface area contributed by atoms with Crippen molar-refractivity contribution in [3.63, 3.8) is 0 Å². The van der Waals surface area contributed by atoms with Gasteiger partial charge in [-0.2, -0.15) is 13.2 Å². The van der Waals surface area contributed by atoms with Crippen molar-refractivity contribution in [1.82, 2.24) is 14.7 Å². The largest absolute Gasteiger partial charge is 0.492 e. The van der Waals surface area contributed by atoms with Crippen LogP contribution < -0.4 is 20.7 Å². The molecular formula is C31H33ClF3N5O2. The third-order valence-corrected chi connectivity index (χ3v) is 7.55. The molecule has 2 amide bonds. The van der Waals surface area contributed by atoms with Gasteiger partial charge in [0.25, 0.3) is 0 Å². The molecule has 0 aliphatic heterocycles. The molecule has 11 heteroatoms. The van der Waals surface area contributed by atoms with Gasteiger partial charge in [0.15, 0.2) is 0 Å². The van der Waals surface area contributed by atoms with Crippen LogP contribution in [-0.2, 0) is 6.18 Å². The number of ether oxygens (including phenoxy) is 1. The van der Waals surface area contributed by atoms with Crippen molar-refractivity contribution in [3.05, 3.63) is 76.9 Å². The van der Waals surface area contributed by atoms with Gasteiger partial charge in [0.05, 0.1) is 17.2 Å². The van der Waals surface area contributed by atoms with E-state index in [-0.39, 0.29) is 5.69 Å². The summed E-state index contributed by atoms with van der Waals surface area (Å²) in [6.07, 6.45) is 4.16. The zero-order valence-corrected chi connectivity index (χ0v) is 24.0. The number of carbonyl (C=O) groups is 1. The van der Waals surface area contributed by atoms with Crippen molar-refractivity contribution >= 4 is 34.8 Å². The summed E-state index contributed by atoms with van der Waals surface area (Å²) in [4.78, 5) is 17.0. The predicted octanol–water partition coefficient (Wildman–Crippen LogP) is 8.32. The van der Waals surface area contributed by atoms with Gasteiger partial charge in [-0.05, 0) is 80.3 Å². The van der Waals surface area contributed by atoms with Crippen molar-refractivity contribution < 1.29 is 22.7 Å². The predicted molar refractivity (Wildman–Crippen MR) is 159 cm³/mol. The van der Waals surface area contributed by atoms with E-state index >= 15 is 0 Å². The Kier molecular flexibility index (Phi) is 9.11. The summed E-state index contributed by atoms with van der Waals surface area (Å²) in [5.74, 6) is 1.49. The minimum Gasteiger partial charge on any atom is -0.492 e. The van der Waals surface area contributed by atoms with Crippen LogP contribution in [0.2, 0.25) is 5.02 Å². The lowest BCUT2D eigenvalue weighted by Crippen LogP contribution is -2.30. The first-order chi connectivity index (χ1) is 20.2. The molecular weight excluding hydrogens is 567 g/mol. The Bertz CT molecular complexity index is 1530. The molecule has 0 bridgehead atoms. The van der Waals surface area contributed by atoms with Crippen molar-refractivity contribution in [2.24, 2.45) is 0 Å². The summed E-state index contributed by atoms with van der Waals surface area (Å²) >= 11 is 6.61. The van der Waals surface area contributed by atoms with Crippen LogP contribution in [0.4, 0.5) is 29.5 Å². The normalized spacial score (nSPS) is 14.1. The summed E-state index contributed by atoms with van der Waals surface area (Å²) < 4.78 is 46.0. The zero-order valence-electron chi connectivity index (χ0n) is 23.2. The van der Waals surface area contributed by atoms with Gasteiger partial charge in [-0.15, -0.1) is 0 Å². The minimum atomic E-state index is -4.42. The van der Waals surface area contributed by atoms with Gasteiger partial charge in [0.2, 0.25) is 0 Å². The number of fused-ring (bicyclic) bond motifs is 1. The number of pyridine rings is 1. The molecule has 1 aliphatic rings. The van der Waals surface area contributed by atoms with Crippen LogP contribution in [0.5, 0.6) is 5.75 Å². The lowest BCUT2D eigenvalue weighted by Gasteiger charge is -2.24. The number of aryl methyl sites for hydroxylation is 1. The number of carbonyl (C=O) groups excluding carboxylic acids is 1. The third-order valence-electron chi connectivity index (χ3n) is 7.25. The number of hydrogen-bond donors (Lipinski definition) is 3. The zero-order chi connectivity index (χ0) is 29.7. The number of alkyl halides is 3. The number of rotatable bonds is 9. The molecule has 0 saturated heterocycles. The fourth-order valence-electron chi connectivity index (χ4n) is 5.07. The van der Waals surface area contributed by atoms with Crippen molar-refractivity contribution in [1.29, 1.82) is 0 Å². The fourth-order valence-corrected chi connectivity index (χ4v) is 5.30. The van der Waals surface area contributed by atoms with Gasteiger partial charge in [0.1, 0.15) is 22.9 Å². The number of halogens is 4. The minimum absolute atomic E-state index is 0.265. The molecule has 1 aliphatic carbocycles. The lowest BCUT2D eigenvalue weighted by molar-refractivity contribution is -0.137. The number of urea groups is 1. The molecule has 2 aromatic carbocycles. The number of nitrogens with one attached hydrogen (secondary N) is 3. The molecule has 0 atom stereocenters. The lowest BCUT2D eigenvalue weighted by atomic mass is 9.95. The second-order valence-electron chi connectivity index (χ2n) is 10.5. The number of hydrogen-bond acceptors (Lipinski definition) is 4. The van der Waals surface area contributed by atoms with Crippen LogP contribution >= 0.6 is 11.6 Å². The monoisotopic (exact) mass is 599 g/mol. The van der Waals surface area contributed by atoms with Crippen molar-refractivity contribution in [2.45, 2.75) is 57.7 Å². The van der Waals surface area contributed by atoms with Crippen molar-refractivity contribution in [3.8, 4) is 17.0 Å². The molecule has 1 saturated carbocycles. The smallest absolute Gasteiger partial charge is 0.416 e. The molecule has 222 valence electrons. The molecule has 0 unspecified atom stereocenters. The standard InChI is InChI=1S/C31H33ClF3N5O2/c1-20-8-15-27-39-28(29(40(27)19-20)37-23-6-3-2-4-7-23)21-9-14-26(25(32)18-21)42-17-5-16-36-30(41)38-24-12-10-22(11-13-24)31(33,34)35/h8-15,18-19,23,37H,2-7,16-17H2,1H3,(H2,36,38,41). The van der Waals surface area contributed by atoms with E-state index in [1.807, 2.05) is 30.3 Å². The Balaban J connectivity index is 1.16. The first kappa shape index (κ1) is 29.6. The van der Waals surface area contributed by atoms with E-state index in [2.05, 4.69) is 33.5 Å². The number of benzene rings is 2. The topological polar surface area (TPSA) is 79.7 Å². The number of nitrogens with zero attached hydrogens (tertiary/aromatic N) is 2. The van der Waals surface area contributed by atoms with Crippen LogP contribution in [0.25, 0.3) is 16.9 Å². The molecule has 0 spiro atoms. The molecule has 42 heavy (non-hydrogen) atoms. The molecule has 7 nitrogen and oxygen atoms in total. The van der Waals surface area contributed by atoms with Gasteiger partial charge in [0, 0.05) is 30.0 Å². The fraction of sp³-hybridized carbons (Fsp3) is 0.355. The first-order valence-corrected chi connectivity index (χ1v) is 14.5. The number of imidazole rings is 1. The molecule has 2 heterocycles. The van der Waals surface area contributed by atoms with Crippen molar-refractivity contribution in [2.75, 3.05) is 23.8 Å². The Morgan fingerprint density at radius 3 is 2.55 bits per heavy atom. The molecule has 2 aromatic heterocycles. The highest BCUT2D eigenvalue weighted by molar-refractivity contribution is 6.32. The van der Waals surface area contributed by atoms with Gasteiger partial charge in [-0.1, -0.05) is 36.9 Å². The second kappa shape index (κ2) is 12.9. The molecule has 1 fully saturated rings. The Morgan fingerprint density at radius 2 is 1.83 bits per heavy atom. The van der Waals surface area contributed by atoms with Crippen LogP contribution in [0.1, 0.15) is 49.7 Å². The maximum atomic E-state index is 12.7. The quantitative estimate of drug-likeness (QED) is 0.169. The Hall–Kier alpha value is -3.92. The number of aromatic nitrogens is 2. The van der Waals surface area contributed by atoms with Crippen LogP contribution in [0, 0.1) is 6.92 Å². The van der Waals surface area contributed by atoms with Gasteiger partial charge >= 0.3 is 12.2 Å². The summed E-state index contributed by atoms with van der Waals surface area (Å²) in [5.41, 5.74) is 3.21. The number of anilines is 2. The van der Waals surface area contributed by atoms with E-state index in [1.54, 1.807) is 0 Å². The summed E-state index contributed by atoms with van der Waals surface area (Å²) in [5, 5.41) is 9.38. The van der Waals surface area contributed by atoms with E-state index < -0.39 is 17.8 Å². The van der Waals surface area contributed by atoms with E-state index in [1.165, 1.54) is 31.4 Å². The van der Waals surface area contributed by atoms with Gasteiger partial charge in [-0.3, -0.25) is 4.40 Å².